The van der Waals surface area contributed by atoms with E-state index in [9.17, 15) is 22.8 Å². The van der Waals surface area contributed by atoms with E-state index in [0.29, 0.717) is 63.7 Å². The highest BCUT2D eigenvalue weighted by molar-refractivity contribution is 7.90. The van der Waals surface area contributed by atoms with Gasteiger partial charge < -0.3 is 24.3 Å². The Balaban J connectivity index is 1.22. The summed E-state index contributed by atoms with van der Waals surface area (Å²) >= 11 is 0. The third-order valence-electron chi connectivity index (χ3n) is 10.8. The van der Waals surface area contributed by atoms with Crippen LogP contribution in [0, 0.1) is 0 Å². The fraction of sp³-hybridized carbons (Fsp3) is 0.370. The van der Waals surface area contributed by atoms with Gasteiger partial charge in [-0.15, -0.1) is 0 Å². The van der Waals surface area contributed by atoms with E-state index in [2.05, 4.69) is 28.9 Å². The minimum absolute atomic E-state index is 0.0899. The van der Waals surface area contributed by atoms with Crippen LogP contribution in [0.3, 0.4) is 0 Å². The van der Waals surface area contributed by atoms with Crippen LogP contribution in [-0.2, 0) is 43.7 Å². The zero-order valence-corrected chi connectivity index (χ0v) is 34.6. The van der Waals surface area contributed by atoms with Crippen molar-refractivity contribution in [1.29, 1.82) is 0 Å². The first-order chi connectivity index (χ1) is 28.0. The number of rotatable bonds is 15. The number of benzene rings is 4. The van der Waals surface area contributed by atoms with Crippen LogP contribution >= 0.6 is 0 Å². The fourth-order valence-corrected chi connectivity index (χ4v) is 8.02. The quantitative estimate of drug-likeness (QED) is 0.144. The van der Waals surface area contributed by atoms with Gasteiger partial charge in [-0.2, -0.15) is 0 Å². The molecular weight excluding hydrogens is 751 g/mol. The summed E-state index contributed by atoms with van der Waals surface area (Å²) < 4.78 is 29.6. The maximum atomic E-state index is 14.8. The summed E-state index contributed by atoms with van der Waals surface area (Å²) in [6, 6.07) is 31.8. The van der Waals surface area contributed by atoms with E-state index < -0.39 is 15.9 Å². The standard InChI is InChI=1S/C46H55N5O6S/c1-4-32-57-42-19-12-37(13-20-42)16-23-45(53)51(35-40-10-17-41(18-11-40)49-30-28-48(29-31-49)36(2)52)44(33-38-8-6-5-7-9-38)46(54)50-26-24-47(25-27-50)34-39-14-21-43(22-15-39)58(3,55)56/h5-23,44H,4,24-35H2,1-3H3. The molecule has 0 spiro atoms. The lowest BCUT2D eigenvalue weighted by atomic mass is 10.0. The number of anilines is 1. The largest absolute Gasteiger partial charge is 0.494 e. The van der Waals surface area contributed by atoms with Crippen LogP contribution in [0.5, 0.6) is 5.75 Å². The molecule has 0 bridgehead atoms. The summed E-state index contributed by atoms with van der Waals surface area (Å²) in [5, 5.41) is 0. The van der Waals surface area contributed by atoms with Crippen molar-refractivity contribution < 1.29 is 27.5 Å². The van der Waals surface area contributed by atoms with E-state index >= 15 is 0 Å². The van der Waals surface area contributed by atoms with Gasteiger partial charge in [0.15, 0.2) is 9.84 Å². The topological polar surface area (TPSA) is 111 Å². The predicted molar refractivity (Wildman–Crippen MR) is 228 cm³/mol. The Hall–Kier alpha value is -5.46. The van der Waals surface area contributed by atoms with Gasteiger partial charge in [0.1, 0.15) is 11.8 Å². The van der Waals surface area contributed by atoms with Crippen molar-refractivity contribution in [1.82, 2.24) is 19.6 Å². The molecule has 4 aromatic rings. The van der Waals surface area contributed by atoms with Crippen LogP contribution in [0.2, 0.25) is 0 Å². The van der Waals surface area contributed by atoms with Gasteiger partial charge in [0.05, 0.1) is 11.5 Å². The first-order valence-corrected chi connectivity index (χ1v) is 22.0. The van der Waals surface area contributed by atoms with Crippen LogP contribution < -0.4 is 9.64 Å². The van der Waals surface area contributed by atoms with E-state index in [4.69, 9.17) is 4.74 Å². The lowest BCUT2D eigenvalue weighted by Gasteiger charge is -2.39. The molecule has 3 amide bonds. The second kappa shape index (κ2) is 19.8. The average Bonchev–Trinajstić information content (AvgIpc) is 3.24. The lowest BCUT2D eigenvalue weighted by Crippen LogP contribution is -2.56. The number of hydrogen-bond acceptors (Lipinski definition) is 8. The number of amides is 3. The summed E-state index contributed by atoms with van der Waals surface area (Å²) in [7, 11) is -3.27. The molecule has 0 saturated carbocycles. The van der Waals surface area contributed by atoms with E-state index in [0.717, 1.165) is 53.2 Å². The highest BCUT2D eigenvalue weighted by Crippen LogP contribution is 2.23. The highest BCUT2D eigenvalue weighted by atomic mass is 32.2. The number of carbonyl (C=O) groups is 3. The average molecular weight is 806 g/mol. The molecule has 2 heterocycles. The summed E-state index contributed by atoms with van der Waals surface area (Å²) in [4.78, 5) is 51.3. The van der Waals surface area contributed by atoms with E-state index in [1.54, 1.807) is 36.1 Å². The second-order valence-corrected chi connectivity index (χ2v) is 17.1. The molecule has 12 heteroatoms. The van der Waals surface area contributed by atoms with Gasteiger partial charge in [-0.25, -0.2) is 8.42 Å². The Morgan fingerprint density at radius 3 is 1.97 bits per heavy atom. The molecule has 1 unspecified atom stereocenters. The second-order valence-electron chi connectivity index (χ2n) is 15.1. The molecule has 6 rings (SSSR count). The van der Waals surface area contributed by atoms with Gasteiger partial charge in [-0.1, -0.05) is 73.7 Å². The molecule has 2 fully saturated rings. The van der Waals surface area contributed by atoms with Crippen LogP contribution in [0.15, 0.2) is 114 Å². The third-order valence-corrected chi connectivity index (χ3v) is 11.9. The molecule has 0 N–H and O–H groups in total. The minimum Gasteiger partial charge on any atom is -0.494 e. The van der Waals surface area contributed by atoms with Crippen molar-refractivity contribution in [3.8, 4) is 5.75 Å². The molecule has 1 atom stereocenters. The molecular formula is C46H55N5O6S. The van der Waals surface area contributed by atoms with Crippen LogP contribution in [0.1, 0.15) is 42.5 Å². The molecule has 4 aromatic carbocycles. The van der Waals surface area contributed by atoms with Crippen molar-refractivity contribution in [2.75, 3.05) is 70.1 Å². The maximum Gasteiger partial charge on any atom is 0.247 e. The zero-order valence-electron chi connectivity index (χ0n) is 33.8. The molecule has 58 heavy (non-hydrogen) atoms. The van der Waals surface area contributed by atoms with E-state index in [-0.39, 0.29) is 24.3 Å². The van der Waals surface area contributed by atoms with Crippen molar-refractivity contribution in [2.45, 2.75) is 50.7 Å². The lowest BCUT2D eigenvalue weighted by molar-refractivity contribution is -0.145. The molecule has 306 valence electrons. The SMILES string of the molecule is CCCOc1ccc(C=CC(=O)N(Cc2ccc(N3CCN(C(C)=O)CC3)cc2)C(Cc2ccccc2)C(=O)N2CCN(Cc3ccc(S(C)(=O)=O)cc3)CC2)cc1. The summed E-state index contributed by atoms with van der Waals surface area (Å²) in [5.41, 5.74) is 4.77. The van der Waals surface area contributed by atoms with Crippen LogP contribution in [0.25, 0.3) is 6.08 Å². The van der Waals surface area contributed by atoms with Gasteiger partial charge in [-0.3, -0.25) is 19.3 Å². The molecule has 0 radical (unpaired) electrons. The van der Waals surface area contributed by atoms with E-state index in [1.165, 1.54) is 6.26 Å². The van der Waals surface area contributed by atoms with Gasteiger partial charge in [0.25, 0.3) is 0 Å². The summed E-state index contributed by atoms with van der Waals surface area (Å²) in [5.74, 6) is 0.503. The Morgan fingerprint density at radius 1 is 0.741 bits per heavy atom. The molecule has 11 nitrogen and oxygen atoms in total. The minimum atomic E-state index is -3.27. The zero-order chi connectivity index (χ0) is 41.1. The molecule has 0 aliphatic carbocycles. The molecule has 2 aliphatic rings. The number of carbonyl (C=O) groups excluding carboxylic acids is 3. The number of nitrogens with zero attached hydrogens (tertiary/aromatic N) is 5. The smallest absolute Gasteiger partial charge is 0.247 e. The fourth-order valence-electron chi connectivity index (χ4n) is 7.39. The predicted octanol–water partition coefficient (Wildman–Crippen LogP) is 5.55. The molecule has 0 aromatic heterocycles. The molecule has 2 aliphatic heterocycles. The molecule has 2 saturated heterocycles. The normalized spacial score (nSPS) is 15.7. The highest BCUT2D eigenvalue weighted by Gasteiger charge is 2.34. The van der Waals surface area contributed by atoms with Crippen LogP contribution in [0.4, 0.5) is 5.69 Å². The third kappa shape index (κ3) is 11.6. The Kier molecular flexibility index (Phi) is 14.4. The summed E-state index contributed by atoms with van der Waals surface area (Å²) in [6.45, 7) is 10.3. The first-order valence-electron chi connectivity index (χ1n) is 20.1. The summed E-state index contributed by atoms with van der Waals surface area (Å²) in [6.07, 6.45) is 5.81. The van der Waals surface area contributed by atoms with Crippen LogP contribution in [-0.4, -0.2) is 117 Å². The van der Waals surface area contributed by atoms with Crippen molar-refractivity contribution in [3.05, 3.63) is 131 Å². The Labute approximate surface area is 343 Å². The van der Waals surface area contributed by atoms with Gasteiger partial charge in [-0.05, 0) is 71.1 Å². The maximum absolute atomic E-state index is 14.8. The van der Waals surface area contributed by atoms with Crippen molar-refractivity contribution >= 4 is 39.3 Å². The van der Waals surface area contributed by atoms with E-state index in [1.807, 2.05) is 88.7 Å². The monoisotopic (exact) mass is 805 g/mol. The number of hydrogen-bond donors (Lipinski definition) is 0. The number of sulfone groups is 1. The van der Waals surface area contributed by atoms with Gasteiger partial charge in [0, 0.05) is 96.8 Å². The Bertz CT molecular complexity index is 2110. The van der Waals surface area contributed by atoms with Gasteiger partial charge >= 0.3 is 0 Å². The van der Waals surface area contributed by atoms with Crippen molar-refractivity contribution in [3.63, 3.8) is 0 Å². The Morgan fingerprint density at radius 2 is 1.36 bits per heavy atom. The number of piperazine rings is 2. The number of ether oxygens (including phenoxy) is 1. The van der Waals surface area contributed by atoms with Crippen molar-refractivity contribution in [2.24, 2.45) is 0 Å². The first kappa shape index (κ1) is 42.2. The van der Waals surface area contributed by atoms with Gasteiger partial charge in [0.2, 0.25) is 17.7 Å².